The molecule has 8 nitrogen and oxygen atoms in total. The standard InChI is InChI=1S/C8H8N2O2.C8H6N2O2/c9-5-1-2-7-6(3-5)10-8(11)4-12-7;11-8(12)6-5-9-10-4-2-1-3-7(6)10/h1-3H,4,9H2,(H,10,11);1-5H,(H,11,12). The van der Waals surface area contributed by atoms with E-state index in [1.54, 1.807) is 42.6 Å². The number of nitrogen functional groups attached to an aromatic ring is 1. The third-order valence-electron chi connectivity index (χ3n) is 3.29. The first-order valence-corrected chi connectivity index (χ1v) is 7.02. The number of anilines is 2. The zero-order chi connectivity index (χ0) is 17.1. The maximum Gasteiger partial charge on any atom is 0.339 e. The van der Waals surface area contributed by atoms with E-state index in [4.69, 9.17) is 15.6 Å². The van der Waals surface area contributed by atoms with E-state index in [0.717, 1.165) is 0 Å². The van der Waals surface area contributed by atoms with Crippen LogP contribution in [0.15, 0.2) is 48.8 Å². The van der Waals surface area contributed by atoms with E-state index in [2.05, 4.69) is 10.4 Å². The Morgan fingerprint density at radius 3 is 2.96 bits per heavy atom. The fourth-order valence-corrected chi connectivity index (χ4v) is 2.20. The number of pyridine rings is 1. The zero-order valence-electron chi connectivity index (χ0n) is 12.5. The van der Waals surface area contributed by atoms with Gasteiger partial charge in [0.25, 0.3) is 5.91 Å². The molecule has 0 fully saturated rings. The number of aromatic nitrogens is 2. The highest BCUT2D eigenvalue weighted by molar-refractivity contribution is 5.96. The van der Waals surface area contributed by atoms with Crippen molar-refractivity contribution < 1.29 is 19.4 Å². The Kier molecular flexibility index (Phi) is 4.02. The molecule has 0 aliphatic carbocycles. The van der Waals surface area contributed by atoms with Gasteiger partial charge in [0.15, 0.2) is 6.61 Å². The van der Waals surface area contributed by atoms with E-state index in [-0.39, 0.29) is 18.1 Å². The molecular weight excluding hydrogens is 312 g/mol. The van der Waals surface area contributed by atoms with Gasteiger partial charge >= 0.3 is 5.97 Å². The molecule has 4 rings (SSSR count). The number of nitrogens with two attached hydrogens (primary N) is 1. The molecule has 1 aliphatic rings. The van der Waals surface area contributed by atoms with E-state index in [0.29, 0.717) is 22.6 Å². The molecule has 0 spiro atoms. The van der Waals surface area contributed by atoms with Crippen molar-refractivity contribution in [3.63, 3.8) is 0 Å². The average Bonchev–Trinajstić information content (AvgIpc) is 2.99. The van der Waals surface area contributed by atoms with Gasteiger partial charge in [-0.2, -0.15) is 5.10 Å². The second-order valence-corrected chi connectivity index (χ2v) is 4.99. The summed E-state index contributed by atoms with van der Waals surface area (Å²) in [5.41, 5.74) is 7.62. The van der Waals surface area contributed by atoms with Crippen LogP contribution < -0.4 is 15.8 Å². The lowest BCUT2D eigenvalue weighted by atomic mass is 10.2. The lowest BCUT2D eigenvalue weighted by Crippen LogP contribution is -2.25. The van der Waals surface area contributed by atoms with Crippen molar-refractivity contribution in [1.29, 1.82) is 0 Å². The van der Waals surface area contributed by atoms with Crippen LogP contribution in [0.2, 0.25) is 0 Å². The van der Waals surface area contributed by atoms with Gasteiger partial charge in [-0.25, -0.2) is 9.31 Å². The highest BCUT2D eigenvalue weighted by Gasteiger charge is 2.14. The first kappa shape index (κ1) is 15.3. The summed E-state index contributed by atoms with van der Waals surface area (Å²) in [4.78, 5) is 21.5. The second-order valence-electron chi connectivity index (χ2n) is 4.99. The number of hydrogen-bond donors (Lipinski definition) is 3. The maximum atomic E-state index is 10.9. The minimum absolute atomic E-state index is 0.0803. The fraction of sp³-hybridized carbons (Fsp3) is 0.0625. The molecule has 0 radical (unpaired) electrons. The number of carbonyl (C=O) groups is 2. The van der Waals surface area contributed by atoms with Crippen LogP contribution in [0.5, 0.6) is 5.75 Å². The van der Waals surface area contributed by atoms with Crippen LogP contribution in [0.4, 0.5) is 11.4 Å². The molecule has 0 bridgehead atoms. The van der Waals surface area contributed by atoms with Gasteiger partial charge in [0, 0.05) is 11.9 Å². The van der Waals surface area contributed by atoms with Crippen LogP contribution in [0.25, 0.3) is 5.52 Å². The van der Waals surface area contributed by atoms with Crippen LogP contribution in [-0.2, 0) is 4.79 Å². The molecule has 1 aliphatic heterocycles. The number of fused-ring (bicyclic) bond motifs is 2. The second kappa shape index (κ2) is 6.29. The highest BCUT2D eigenvalue weighted by atomic mass is 16.5. The van der Waals surface area contributed by atoms with E-state index in [1.807, 2.05) is 0 Å². The first-order chi connectivity index (χ1) is 11.5. The molecule has 3 aromatic rings. The Morgan fingerprint density at radius 2 is 2.17 bits per heavy atom. The molecule has 122 valence electrons. The first-order valence-electron chi connectivity index (χ1n) is 7.02. The Labute approximate surface area is 136 Å². The number of ether oxygens (including phenoxy) is 1. The van der Waals surface area contributed by atoms with Gasteiger partial charge in [0.1, 0.15) is 11.3 Å². The number of carboxylic acid groups (broad SMARTS) is 1. The summed E-state index contributed by atoms with van der Waals surface area (Å²) < 4.78 is 6.65. The van der Waals surface area contributed by atoms with Crippen molar-refractivity contribution >= 4 is 28.8 Å². The summed E-state index contributed by atoms with van der Waals surface area (Å²) in [5, 5.41) is 15.3. The van der Waals surface area contributed by atoms with E-state index < -0.39 is 5.97 Å². The molecule has 0 atom stereocenters. The van der Waals surface area contributed by atoms with Gasteiger partial charge in [-0.1, -0.05) is 6.07 Å². The molecule has 4 N–H and O–H groups in total. The molecule has 0 saturated carbocycles. The smallest absolute Gasteiger partial charge is 0.339 e. The van der Waals surface area contributed by atoms with Crippen molar-refractivity contribution in [1.82, 2.24) is 9.61 Å². The molecule has 24 heavy (non-hydrogen) atoms. The monoisotopic (exact) mass is 326 g/mol. The summed E-state index contributed by atoms with van der Waals surface area (Å²) >= 11 is 0. The van der Waals surface area contributed by atoms with Crippen molar-refractivity contribution in [3.8, 4) is 5.75 Å². The Hall–Kier alpha value is -3.55. The minimum atomic E-state index is -0.948. The SMILES string of the molecule is Nc1ccc2c(c1)NC(=O)CO2.O=C(O)c1cnn2ccccc12. The highest BCUT2D eigenvalue weighted by Crippen LogP contribution is 2.28. The lowest BCUT2D eigenvalue weighted by Gasteiger charge is -2.17. The number of rotatable bonds is 1. The number of aromatic carboxylic acids is 1. The van der Waals surface area contributed by atoms with Gasteiger partial charge in [0.05, 0.1) is 17.4 Å². The van der Waals surface area contributed by atoms with E-state index in [1.165, 1.54) is 10.7 Å². The maximum absolute atomic E-state index is 10.9. The Bertz CT molecular complexity index is 919. The molecule has 0 unspecified atom stereocenters. The van der Waals surface area contributed by atoms with Crippen molar-refractivity contribution in [3.05, 3.63) is 54.4 Å². The number of benzene rings is 1. The molecule has 1 amide bonds. The Balaban J connectivity index is 0.000000141. The third kappa shape index (κ3) is 3.12. The van der Waals surface area contributed by atoms with Crippen molar-refractivity contribution in [2.24, 2.45) is 0 Å². The quantitative estimate of drug-likeness (QED) is 0.585. The normalized spacial score (nSPS) is 12.4. The van der Waals surface area contributed by atoms with Crippen molar-refractivity contribution in [2.75, 3.05) is 17.7 Å². The van der Waals surface area contributed by atoms with Gasteiger partial charge in [0.2, 0.25) is 0 Å². The number of carbonyl (C=O) groups excluding carboxylic acids is 1. The molecular formula is C16H14N4O4. The van der Waals surface area contributed by atoms with Crippen LogP contribution in [0.3, 0.4) is 0 Å². The van der Waals surface area contributed by atoms with Crippen LogP contribution in [0, 0.1) is 0 Å². The molecule has 3 heterocycles. The topological polar surface area (TPSA) is 119 Å². The number of hydrogen-bond acceptors (Lipinski definition) is 5. The summed E-state index contributed by atoms with van der Waals surface area (Å²) in [6, 6.07) is 10.4. The summed E-state index contributed by atoms with van der Waals surface area (Å²) in [5.74, 6) is -0.423. The van der Waals surface area contributed by atoms with Gasteiger partial charge in [-0.3, -0.25) is 4.79 Å². The Morgan fingerprint density at radius 1 is 1.33 bits per heavy atom. The van der Waals surface area contributed by atoms with Gasteiger partial charge < -0.3 is 20.9 Å². The van der Waals surface area contributed by atoms with Crippen LogP contribution in [0.1, 0.15) is 10.4 Å². The summed E-state index contributed by atoms with van der Waals surface area (Å²) in [7, 11) is 0. The average molecular weight is 326 g/mol. The minimum Gasteiger partial charge on any atom is -0.482 e. The molecule has 2 aromatic heterocycles. The van der Waals surface area contributed by atoms with Crippen LogP contribution in [-0.4, -0.2) is 33.2 Å². The molecule has 8 heteroatoms. The van der Waals surface area contributed by atoms with E-state index >= 15 is 0 Å². The van der Waals surface area contributed by atoms with Gasteiger partial charge in [-0.15, -0.1) is 0 Å². The lowest BCUT2D eigenvalue weighted by molar-refractivity contribution is -0.118. The van der Waals surface area contributed by atoms with Crippen LogP contribution >= 0.6 is 0 Å². The molecule has 0 saturated heterocycles. The summed E-state index contributed by atoms with van der Waals surface area (Å²) in [6.07, 6.45) is 3.06. The number of nitrogens with zero attached hydrogens (tertiary/aromatic N) is 2. The van der Waals surface area contributed by atoms with Crippen molar-refractivity contribution in [2.45, 2.75) is 0 Å². The predicted molar refractivity (Wildman–Crippen MR) is 87.1 cm³/mol. The van der Waals surface area contributed by atoms with Gasteiger partial charge in [-0.05, 0) is 30.3 Å². The zero-order valence-corrected chi connectivity index (χ0v) is 12.5. The van der Waals surface area contributed by atoms with E-state index in [9.17, 15) is 9.59 Å². The number of nitrogens with one attached hydrogen (secondary N) is 1. The largest absolute Gasteiger partial charge is 0.482 e. The molecule has 1 aromatic carbocycles. The number of amides is 1. The predicted octanol–water partition coefficient (Wildman–Crippen LogP) is 1.63. The third-order valence-corrected chi connectivity index (χ3v) is 3.29. The number of carboxylic acids is 1. The fourth-order valence-electron chi connectivity index (χ4n) is 2.20. The summed E-state index contributed by atoms with van der Waals surface area (Å²) in [6.45, 7) is 0.0803.